The van der Waals surface area contributed by atoms with E-state index in [1.54, 1.807) is 21.3 Å². The summed E-state index contributed by atoms with van der Waals surface area (Å²) in [6.07, 6.45) is 0. The van der Waals surface area contributed by atoms with E-state index in [1.807, 2.05) is 0 Å². The molecular weight excluding hydrogens is 390 g/mol. The molecule has 0 aliphatic rings. The van der Waals surface area contributed by atoms with Crippen LogP contribution in [0.4, 0.5) is 0 Å². The summed E-state index contributed by atoms with van der Waals surface area (Å²) in [5, 5.41) is 0. The number of aromatic nitrogens is 3. The second-order valence-corrected chi connectivity index (χ2v) is 6.41. The average molecular weight is 424 g/mol. The summed E-state index contributed by atoms with van der Waals surface area (Å²) in [6.45, 7) is 8.31. The van der Waals surface area contributed by atoms with Gasteiger partial charge < -0.3 is 28.4 Å². The van der Waals surface area contributed by atoms with Gasteiger partial charge in [-0.15, -0.1) is 15.0 Å². The largest absolute Gasteiger partial charge is 0.467 e. The standard InChI is InChI=1S/C15H24O3.C6H9N3O3/c1-10-13(7-16-4)11(2)15(9-18-6)12(3)14(10)8-17-5;1-10-4-7-5(11-2)9-6(8-4)12-3/h7-9H2,1-6H3;1-3H3. The van der Waals surface area contributed by atoms with E-state index < -0.39 is 0 Å². The second-order valence-electron chi connectivity index (χ2n) is 6.41. The third-order valence-corrected chi connectivity index (χ3v) is 4.70. The van der Waals surface area contributed by atoms with Crippen molar-refractivity contribution in [2.45, 2.75) is 40.6 Å². The highest BCUT2D eigenvalue weighted by molar-refractivity contribution is 5.50. The molecule has 168 valence electrons. The van der Waals surface area contributed by atoms with Crippen LogP contribution in [0.2, 0.25) is 0 Å². The Bertz CT molecular complexity index is 676. The topological polar surface area (TPSA) is 94.1 Å². The van der Waals surface area contributed by atoms with Gasteiger partial charge in [-0.25, -0.2) is 0 Å². The smallest absolute Gasteiger partial charge is 0.325 e. The minimum atomic E-state index is 0.165. The molecular formula is C21H33N3O6. The van der Waals surface area contributed by atoms with Gasteiger partial charge in [0.05, 0.1) is 41.2 Å². The van der Waals surface area contributed by atoms with Crippen LogP contribution in [0.3, 0.4) is 0 Å². The predicted molar refractivity (Wildman–Crippen MR) is 112 cm³/mol. The lowest BCUT2D eigenvalue weighted by atomic mass is 9.89. The summed E-state index contributed by atoms with van der Waals surface area (Å²) in [4.78, 5) is 11.3. The van der Waals surface area contributed by atoms with Gasteiger partial charge in [0.25, 0.3) is 0 Å². The van der Waals surface area contributed by atoms with Crippen LogP contribution in [0.1, 0.15) is 33.4 Å². The summed E-state index contributed by atoms with van der Waals surface area (Å²) in [6, 6.07) is 0.496. The Morgan fingerprint density at radius 2 is 0.700 bits per heavy atom. The van der Waals surface area contributed by atoms with Crippen LogP contribution in [0.15, 0.2) is 0 Å². The molecule has 2 aromatic rings. The number of benzene rings is 1. The Morgan fingerprint density at radius 3 is 0.867 bits per heavy atom. The van der Waals surface area contributed by atoms with Gasteiger partial charge in [0.2, 0.25) is 0 Å². The first-order valence-electron chi connectivity index (χ1n) is 9.33. The number of methoxy groups -OCH3 is 6. The van der Waals surface area contributed by atoms with Crippen molar-refractivity contribution in [3.8, 4) is 18.0 Å². The Kier molecular flexibility index (Phi) is 11.0. The van der Waals surface area contributed by atoms with E-state index >= 15 is 0 Å². The monoisotopic (exact) mass is 423 g/mol. The minimum absolute atomic E-state index is 0.165. The Balaban J connectivity index is 0.000000325. The fourth-order valence-electron chi connectivity index (χ4n) is 3.07. The summed E-state index contributed by atoms with van der Waals surface area (Å²) < 4.78 is 30.3. The van der Waals surface area contributed by atoms with Crippen molar-refractivity contribution < 1.29 is 28.4 Å². The summed E-state index contributed by atoms with van der Waals surface area (Å²) >= 11 is 0. The Morgan fingerprint density at radius 1 is 0.467 bits per heavy atom. The molecule has 0 bridgehead atoms. The zero-order valence-electron chi connectivity index (χ0n) is 19.4. The van der Waals surface area contributed by atoms with Crippen LogP contribution in [0.25, 0.3) is 0 Å². The normalized spacial score (nSPS) is 10.3. The molecule has 0 N–H and O–H groups in total. The summed E-state index contributed by atoms with van der Waals surface area (Å²) in [7, 11) is 9.54. The molecule has 0 amide bonds. The molecule has 30 heavy (non-hydrogen) atoms. The maximum absolute atomic E-state index is 5.31. The second kappa shape index (κ2) is 12.9. The van der Waals surface area contributed by atoms with Gasteiger partial charge in [0.1, 0.15) is 0 Å². The molecule has 0 saturated carbocycles. The maximum Gasteiger partial charge on any atom is 0.325 e. The Hall–Kier alpha value is -2.49. The van der Waals surface area contributed by atoms with E-state index in [9.17, 15) is 0 Å². The quantitative estimate of drug-likeness (QED) is 0.603. The Labute approximate surface area is 178 Å². The van der Waals surface area contributed by atoms with Crippen molar-refractivity contribution >= 4 is 0 Å². The van der Waals surface area contributed by atoms with Crippen molar-refractivity contribution in [1.29, 1.82) is 0 Å². The van der Waals surface area contributed by atoms with Gasteiger partial charge in [-0.3, -0.25) is 0 Å². The number of rotatable bonds is 9. The molecule has 1 aromatic carbocycles. The molecule has 0 aliphatic carbocycles. The van der Waals surface area contributed by atoms with Gasteiger partial charge in [0.15, 0.2) is 0 Å². The predicted octanol–water partition coefficient (Wildman–Crippen LogP) is 2.95. The summed E-state index contributed by atoms with van der Waals surface area (Å²) in [5.74, 6) is 0. The van der Waals surface area contributed by atoms with E-state index in [2.05, 4.69) is 35.7 Å². The van der Waals surface area contributed by atoms with Gasteiger partial charge in [-0.05, 0) is 54.2 Å². The lowest BCUT2D eigenvalue weighted by molar-refractivity contribution is 0.172. The fraction of sp³-hybridized carbons (Fsp3) is 0.571. The fourth-order valence-corrected chi connectivity index (χ4v) is 3.07. The lowest BCUT2D eigenvalue weighted by Crippen LogP contribution is -2.09. The third kappa shape index (κ3) is 6.51. The molecule has 2 rings (SSSR count). The lowest BCUT2D eigenvalue weighted by Gasteiger charge is -2.21. The van der Waals surface area contributed by atoms with E-state index in [-0.39, 0.29) is 18.0 Å². The molecule has 9 heteroatoms. The van der Waals surface area contributed by atoms with Gasteiger partial charge >= 0.3 is 18.0 Å². The van der Waals surface area contributed by atoms with Crippen LogP contribution >= 0.6 is 0 Å². The minimum Gasteiger partial charge on any atom is -0.467 e. The van der Waals surface area contributed by atoms with E-state index in [4.69, 9.17) is 28.4 Å². The van der Waals surface area contributed by atoms with Gasteiger partial charge in [-0.1, -0.05) is 0 Å². The molecule has 1 aromatic heterocycles. The summed E-state index contributed by atoms with van der Waals surface area (Å²) in [5.41, 5.74) is 7.57. The van der Waals surface area contributed by atoms with E-state index in [0.29, 0.717) is 19.8 Å². The molecule has 0 radical (unpaired) electrons. The molecule has 0 atom stereocenters. The van der Waals surface area contributed by atoms with Crippen LogP contribution in [-0.2, 0) is 34.0 Å². The third-order valence-electron chi connectivity index (χ3n) is 4.70. The van der Waals surface area contributed by atoms with Crippen molar-refractivity contribution in [3.63, 3.8) is 0 Å². The van der Waals surface area contributed by atoms with Crippen molar-refractivity contribution in [2.75, 3.05) is 42.7 Å². The molecule has 1 heterocycles. The molecule has 0 fully saturated rings. The van der Waals surface area contributed by atoms with Crippen LogP contribution in [-0.4, -0.2) is 57.6 Å². The number of hydrogen-bond donors (Lipinski definition) is 0. The van der Waals surface area contributed by atoms with E-state index in [0.717, 1.165) is 0 Å². The first kappa shape index (κ1) is 25.5. The first-order valence-corrected chi connectivity index (χ1v) is 9.33. The van der Waals surface area contributed by atoms with Crippen LogP contribution < -0.4 is 14.2 Å². The highest BCUT2D eigenvalue weighted by Gasteiger charge is 2.16. The van der Waals surface area contributed by atoms with Gasteiger partial charge in [-0.2, -0.15) is 0 Å². The maximum atomic E-state index is 5.31. The first-order chi connectivity index (χ1) is 14.4. The number of ether oxygens (including phenoxy) is 6. The highest BCUT2D eigenvalue weighted by atomic mass is 16.5. The molecule has 0 spiro atoms. The average Bonchev–Trinajstić information content (AvgIpc) is 2.77. The zero-order chi connectivity index (χ0) is 22.7. The molecule has 0 saturated heterocycles. The van der Waals surface area contributed by atoms with Gasteiger partial charge in [0, 0.05) is 21.3 Å². The molecule has 0 aliphatic heterocycles. The van der Waals surface area contributed by atoms with Crippen molar-refractivity contribution in [2.24, 2.45) is 0 Å². The molecule has 0 unspecified atom stereocenters. The highest BCUT2D eigenvalue weighted by Crippen LogP contribution is 2.29. The number of hydrogen-bond acceptors (Lipinski definition) is 9. The van der Waals surface area contributed by atoms with Crippen LogP contribution in [0.5, 0.6) is 18.0 Å². The van der Waals surface area contributed by atoms with Crippen molar-refractivity contribution in [3.05, 3.63) is 33.4 Å². The van der Waals surface area contributed by atoms with E-state index in [1.165, 1.54) is 54.7 Å². The zero-order valence-corrected chi connectivity index (χ0v) is 19.4. The van der Waals surface area contributed by atoms with Crippen LogP contribution in [0, 0.1) is 20.8 Å². The number of nitrogens with zero attached hydrogens (tertiary/aromatic N) is 3. The SMILES string of the molecule is COCc1c(C)c(COC)c(C)c(COC)c1C.COc1nc(OC)nc(OC)n1. The van der Waals surface area contributed by atoms with Crippen molar-refractivity contribution in [1.82, 2.24) is 15.0 Å². The molecule has 9 nitrogen and oxygen atoms in total.